The standard InChI is InChI=1S/C22H25N5O6/c23-22-26-18-17(20(31)27-22)14(11-24-18)4-2-1-3-12-5-7-13(8-6-12)19(30)25-15(21(32)33)9-10-16(28)29/h5-8,11,15H,1-4,9-10H2,(H,25,30)(H,28,29)(H,32,33)(H4,23,24,26,27,31)/t15-/m0/s1. The van der Waals surface area contributed by atoms with Gasteiger partial charge in [-0.05, 0) is 55.4 Å². The number of aromatic nitrogens is 3. The number of H-pyrrole nitrogens is 2. The minimum absolute atomic E-state index is 0.0665. The molecule has 0 aliphatic heterocycles. The first-order chi connectivity index (χ1) is 15.7. The highest BCUT2D eigenvalue weighted by Gasteiger charge is 2.21. The number of carbonyl (C=O) groups is 3. The maximum Gasteiger partial charge on any atom is 0.326 e. The van der Waals surface area contributed by atoms with Crippen LogP contribution in [0.3, 0.4) is 0 Å². The molecule has 174 valence electrons. The van der Waals surface area contributed by atoms with Crippen molar-refractivity contribution in [3.63, 3.8) is 0 Å². The third-order valence-electron chi connectivity index (χ3n) is 5.27. The van der Waals surface area contributed by atoms with Gasteiger partial charge in [-0.2, -0.15) is 4.98 Å². The van der Waals surface area contributed by atoms with Crippen molar-refractivity contribution in [1.29, 1.82) is 0 Å². The van der Waals surface area contributed by atoms with E-state index in [1.54, 1.807) is 30.5 Å². The number of carboxylic acid groups (broad SMARTS) is 2. The van der Waals surface area contributed by atoms with Crippen LogP contribution in [0, 0.1) is 0 Å². The number of nitrogens with two attached hydrogens (primary N) is 1. The summed E-state index contributed by atoms with van der Waals surface area (Å²) < 4.78 is 0. The van der Waals surface area contributed by atoms with Gasteiger partial charge in [0.15, 0.2) is 0 Å². The maximum absolute atomic E-state index is 12.3. The number of hydrogen-bond donors (Lipinski definition) is 6. The number of nitrogens with zero attached hydrogens (tertiary/aromatic N) is 1. The predicted octanol–water partition coefficient (Wildman–Crippen LogP) is 1.45. The number of unbranched alkanes of at least 4 members (excludes halogenated alkanes) is 1. The van der Waals surface area contributed by atoms with E-state index in [4.69, 9.17) is 15.9 Å². The molecule has 0 aliphatic rings. The van der Waals surface area contributed by atoms with Crippen molar-refractivity contribution >= 4 is 34.8 Å². The van der Waals surface area contributed by atoms with Gasteiger partial charge in [0.25, 0.3) is 11.5 Å². The smallest absolute Gasteiger partial charge is 0.326 e. The topological polar surface area (TPSA) is 191 Å². The van der Waals surface area contributed by atoms with E-state index in [1.165, 1.54) is 0 Å². The van der Waals surface area contributed by atoms with Gasteiger partial charge in [-0.15, -0.1) is 0 Å². The molecule has 2 heterocycles. The Bertz CT molecular complexity index is 1210. The van der Waals surface area contributed by atoms with E-state index in [0.29, 0.717) is 23.0 Å². The highest BCUT2D eigenvalue weighted by atomic mass is 16.4. The molecule has 11 heteroatoms. The highest BCUT2D eigenvalue weighted by Crippen LogP contribution is 2.16. The molecular weight excluding hydrogens is 430 g/mol. The van der Waals surface area contributed by atoms with Crippen LogP contribution in [0.5, 0.6) is 0 Å². The third-order valence-corrected chi connectivity index (χ3v) is 5.27. The van der Waals surface area contributed by atoms with Crippen LogP contribution in [-0.2, 0) is 22.4 Å². The normalized spacial score (nSPS) is 11.9. The molecule has 0 saturated heterocycles. The lowest BCUT2D eigenvalue weighted by molar-refractivity contribution is -0.140. The number of nitrogen functional groups attached to an aromatic ring is 1. The Kier molecular flexibility index (Phi) is 7.44. The van der Waals surface area contributed by atoms with E-state index in [0.717, 1.165) is 30.4 Å². The second kappa shape index (κ2) is 10.4. The van der Waals surface area contributed by atoms with Crippen LogP contribution in [0.15, 0.2) is 35.3 Å². The zero-order chi connectivity index (χ0) is 24.0. The molecule has 1 amide bonds. The Hall–Kier alpha value is -4.15. The van der Waals surface area contributed by atoms with E-state index in [9.17, 15) is 19.2 Å². The Morgan fingerprint density at radius 1 is 1.09 bits per heavy atom. The summed E-state index contributed by atoms with van der Waals surface area (Å²) in [7, 11) is 0. The molecular formula is C22H25N5O6. The number of aromatic amines is 2. The number of aryl methyl sites for hydroxylation is 2. The molecule has 1 atom stereocenters. The fourth-order valence-corrected chi connectivity index (χ4v) is 3.55. The van der Waals surface area contributed by atoms with Gasteiger partial charge in [0.1, 0.15) is 11.7 Å². The number of amides is 1. The van der Waals surface area contributed by atoms with Gasteiger partial charge >= 0.3 is 11.9 Å². The number of carboxylic acids is 2. The summed E-state index contributed by atoms with van der Waals surface area (Å²) in [4.78, 5) is 55.8. The molecule has 2 aromatic heterocycles. The number of carbonyl (C=O) groups excluding carboxylic acids is 1. The van der Waals surface area contributed by atoms with Gasteiger partial charge in [0.05, 0.1) is 5.39 Å². The molecule has 33 heavy (non-hydrogen) atoms. The Balaban J connectivity index is 1.50. The van der Waals surface area contributed by atoms with Crippen LogP contribution < -0.4 is 16.6 Å². The predicted molar refractivity (Wildman–Crippen MR) is 120 cm³/mol. The second-order valence-electron chi connectivity index (χ2n) is 7.69. The zero-order valence-corrected chi connectivity index (χ0v) is 17.8. The Morgan fingerprint density at radius 3 is 2.45 bits per heavy atom. The van der Waals surface area contributed by atoms with Gasteiger partial charge in [0.2, 0.25) is 5.95 Å². The van der Waals surface area contributed by atoms with Crippen LogP contribution >= 0.6 is 0 Å². The molecule has 0 saturated carbocycles. The molecule has 3 rings (SSSR count). The van der Waals surface area contributed by atoms with Crippen LogP contribution in [0.1, 0.15) is 47.2 Å². The average Bonchev–Trinajstić information content (AvgIpc) is 3.17. The fourth-order valence-electron chi connectivity index (χ4n) is 3.55. The summed E-state index contributed by atoms with van der Waals surface area (Å²) in [6, 6.07) is 5.54. The van der Waals surface area contributed by atoms with E-state index in [1.807, 2.05) is 0 Å². The molecule has 0 radical (unpaired) electrons. The van der Waals surface area contributed by atoms with Crippen molar-refractivity contribution in [2.75, 3.05) is 5.73 Å². The van der Waals surface area contributed by atoms with Crippen molar-refractivity contribution in [1.82, 2.24) is 20.3 Å². The molecule has 0 unspecified atom stereocenters. The lowest BCUT2D eigenvalue weighted by atomic mass is 10.0. The summed E-state index contributed by atoms with van der Waals surface area (Å²) in [6.07, 6.45) is 4.37. The molecule has 7 N–H and O–H groups in total. The highest BCUT2D eigenvalue weighted by molar-refractivity contribution is 5.96. The second-order valence-corrected chi connectivity index (χ2v) is 7.69. The number of hydrogen-bond acceptors (Lipinski definition) is 6. The fraction of sp³-hybridized carbons (Fsp3) is 0.318. The van der Waals surface area contributed by atoms with E-state index >= 15 is 0 Å². The SMILES string of the molecule is Nc1nc2[nH]cc(CCCCc3ccc(C(=O)N[C@@H](CCC(=O)O)C(=O)O)cc3)c2c(=O)[nH]1. The molecule has 0 spiro atoms. The molecule has 0 fully saturated rings. The van der Waals surface area contributed by atoms with Crippen molar-refractivity contribution < 1.29 is 24.6 Å². The number of fused-ring (bicyclic) bond motifs is 1. The molecule has 3 aromatic rings. The number of aliphatic carboxylic acids is 2. The lowest BCUT2D eigenvalue weighted by Crippen LogP contribution is -2.41. The average molecular weight is 455 g/mol. The largest absolute Gasteiger partial charge is 0.481 e. The lowest BCUT2D eigenvalue weighted by Gasteiger charge is -2.13. The quantitative estimate of drug-likeness (QED) is 0.234. The van der Waals surface area contributed by atoms with Crippen LogP contribution in [-0.4, -0.2) is 49.1 Å². The van der Waals surface area contributed by atoms with Gasteiger partial charge in [-0.3, -0.25) is 19.4 Å². The van der Waals surface area contributed by atoms with Crippen LogP contribution in [0.4, 0.5) is 5.95 Å². The molecule has 11 nitrogen and oxygen atoms in total. The molecule has 0 bridgehead atoms. The first-order valence-corrected chi connectivity index (χ1v) is 10.4. The van der Waals surface area contributed by atoms with E-state index in [2.05, 4.69) is 20.3 Å². The monoisotopic (exact) mass is 455 g/mol. The van der Waals surface area contributed by atoms with Gasteiger partial charge < -0.3 is 26.2 Å². The molecule has 1 aromatic carbocycles. The minimum atomic E-state index is -1.28. The molecule has 0 aliphatic carbocycles. The van der Waals surface area contributed by atoms with Crippen molar-refractivity contribution in [2.24, 2.45) is 0 Å². The summed E-state index contributed by atoms with van der Waals surface area (Å²) in [6.45, 7) is 0. The summed E-state index contributed by atoms with van der Waals surface area (Å²) in [5.41, 5.74) is 7.93. The number of anilines is 1. The number of benzene rings is 1. The van der Waals surface area contributed by atoms with E-state index in [-0.39, 0.29) is 24.3 Å². The van der Waals surface area contributed by atoms with Crippen molar-refractivity contribution in [3.8, 4) is 0 Å². The summed E-state index contributed by atoms with van der Waals surface area (Å²) >= 11 is 0. The first-order valence-electron chi connectivity index (χ1n) is 10.4. The minimum Gasteiger partial charge on any atom is -0.481 e. The van der Waals surface area contributed by atoms with Crippen LogP contribution in [0.25, 0.3) is 11.0 Å². The Labute approximate surface area is 188 Å². The number of nitrogens with one attached hydrogen (secondary N) is 3. The van der Waals surface area contributed by atoms with Gasteiger partial charge in [-0.1, -0.05) is 12.1 Å². The third kappa shape index (κ3) is 6.19. The van der Waals surface area contributed by atoms with Crippen LogP contribution in [0.2, 0.25) is 0 Å². The van der Waals surface area contributed by atoms with Crippen molar-refractivity contribution in [3.05, 3.63) is 57.5 Å². The zero-order valence-electron chi connectivity index (χ0n) is 17.8. The van der Waals surface area contributed by atoms with Crippen molar-refractivity contribution in [2.45, 2.75) is 44.6 Å². The van der Waals surface area contributed by atoms with E-state index < -0.39 is 23.9 Å². The van der Waals surface area contributed by atoms with Gasteiger partial charge in [0, 0.05) is 18.2 Å². The summed E-state index contributed by atoms with van der Waals surface area (Å²) in [5.74, 6) is -2.91. The first kappa shape index (κ1) is 23.5. The summed E-state index contributed by atoms with van der Waals surface area (Å²) in [5, 5.41) is 20.7. The maximum atomic E-state index is 12.3. The number of rotatable bonds is 11. The Morgan fingerprint density at radius 2 is 1.79 bits per heavy atom. The van der Waals surface area contributed by atoms with Gasteiger partial charge in [-0.25, -0.2) is 4.79 Å².